The number of aryl methyl sites for hydroxylation is 1. The molecule has 19 heavy (non-hydrogen) atoms. The molecule has 0 bridgehead atoms. The van der Waals surface area contributed by atoms with E-state index in [1.54, 1.807) is 12.4 Å². The van der Waals surface area contributed by atoms with Crippen molar-refractivity contribution in [2.45, 2.75) is 26.3 Å². The van der Waals surface area contributed by atoms with Crippen molar-refractivity contribution in [1.82, 2.24) is 10.3 Å². The average Bonchev–Trinajstić information content (AvgIpc) is 2.41. The van der Waals surface area contributed by atoms with Gasteiger partial charge in [-0.25, -0.2) is 0 Å². The third kappa shape index (κ3) is 3.79. The van der Waals surface area contributed by atoms with E-state index in [4.69, 9.17) is 11.6 Å². The number of halogens is 1. The third-order valence-corrected chi connectivity index (χ3v) is 3.51. The summed E-state index contributed by atoms with van der Waals surface area (Å²) in [5.41, 5.74) is 3.70. The maximum absolute atomic E-state index is 6.24. The van der Waals surface area contributed by atoms with Crippen LogP contribution in [-0.2, 0) is 6.42 Å². The molecule has 0 aliphatic rings. The molecule has 0 saturated carbocycles. The molecule has 2 nitrogen and oxygen atoms in total. The highest BCUT2D eigenvalue weighted by atomic mass is 35.5. The Balaban J connectivity index is 2.21. The number of nitrogens with zero attached hydrogens (tertiary/aromatic N) is 1. The molecule has 1 heterocycles. The van der Waals surface area contributed by atoms with Gasteiger partial charge in [0, 0.05) is 18.4 Å². The molecule has 1 aromatic carbocycles. The molecule has 3 heteroatoms. The van der Waals surface area contributed by atoms with Crippen LogP contribution in [0.15, 0.2) is 42.7 Å². The molecule has 2 rings (SSSR count). The summed E-state index contributed by atoms with van der Waals surface area (Å²) in [6.45, 7) is 5.12. The summed E-state index contributed by atoms with van der Waals surface area (Å²) in [7, 11) is 0. The predicted molar refractivity (Wildman–Crippen MR) is 80.5 cm³/mol. The Morgan fingerprint density at radius 2 is 1.95 bits per heavy atom. The maximum Gasteiger partial charge on any atom is 0.0637 e. The third-order valence-electron chi connectivity index (χ3n) is 3.19. The van der Waals surface area contributed by atoms with Crippen LogP contribution < -0.4 is 5.32 Å². The van der Waals surface area contributed by atoms with E-state index in [0.717, 1.165) is 23.6 Å². The summed E-state index contributed by atoms with van der Waals surface area (Å²) in [6, 6.07) is 10.9. The van der Waals surface area contributed by atoms with Crippen molar-refractivity contribution in [3.05, 3.63) is 64.4 Å². The lowest BCUT2D eigenvalue weighted by Crippen LogP contribution is -2.23. The van der Waals surface area contributed by atoms with Gasteiger partial charge in [0.1, 0.15) is 0 Å². The monoisotopic (exact) mass is 274 g/mol. The zero-order valence-corrected chi connectivity index (χ0v) is 12.1. The quantitative estimate of drug-likeness (QED) is 0.893. The minimum Gasteiger partial charge on any atom is -0.310 e. The summed E-state index contributed by atoms with van der Waals surface area (Å²) in [6.07, 6.45) is 4.43. The van der Waals surface area contributed by atoms with Gasteiger partial charge in [-0.1, -0.05) is 48.4 Å². The maximum atomic E-state index is 6.24. The zero-order valence-electron chi connectivity index (χ0n) is 11.4. The van der Waals surface area contributed by atoms with Crippen molar-refractivity contribution in [1.29, 1.82) is 0 Å². The number of benzene rings is 1. The second kappa shape index (κ2) is 6.69. The van der Waals surface area contributed by atoms with E-state index in [2.05, 4.69) is 48.4 Å². The summed E-state index contributed by atoms with van der Waals surface area (Å²) in [4.78, 5) is 4.05. The number of nitrogens with one attached hydrogen (secondary N) is 1. The first-order valence-corrected chi connectivity index (χ1v) is 6.97. The Morgan fingerprint density at radius 3 is 2.58 bits per heavy atom. The van der Waals surface area contributed by atoms with Gasteiger partial charge in [-0.15, -0.1) is 0 Å². The van der Waals surface area contributed by atoms with E-state index in [1.165, 1.54) is 11.1 Å². The average molecular weight is 275 g/mol. The van der Waals surface area contributed by atoms with Crippen molar-refractivity contribution in [2.75, 3.05) is 6.54 Å². The lowest BCUT2D eigenvalue weighted by molar-refractivity contribution is 0.549. The van der Waals surface area contributed by atoms with E-state index >= 15 is 0 Å². The molecule has 1 atom stereocenters. The fraction of sp³-hybridized carbons (Fsp3) is 0.312. The van der Waals surface area contributed by atoms with Gasteiger partial charge in [-0.2, -0.15) is 0 Å². The first-order chi connectivity index (χ1) is 9.20. The summed E-state index contributed by atoms with van der Waals surface area (Å²) >= 11 is 6.24. The van der Waals surface area contributed by atoms with Gasteiger partial charge in [0.25, 0.3) is 0 Å². The van der Waals surface area contributed by atoms with Gasteiger partial charge in [0.15, 0.2) is 0 Å². The van der Waals surface area contributed by atoms with Crippen LogP contribution >= 0.6 is 11.6 Å². The first-order valence-electron chi connectivity index (χ1n) is 6.59. The van der Waals surface area contributed by atoms with Gasteiger partial charge in [-0.05, 0) is 37.1 Å². The Bertz CT molecular complexity index is 523. The molecule has 0 aliphatic heterocycles. The van der Waals surface area contributed by atoms with E-state index in [-0.39, 0.29) is 6.04 Å². The topological polar surface area (TPSA) is 24.9 Å². The highest BCUT2D eigenvalue weighted by molar-refractivity contribution is 6.31. The molecular formula is C16H19ClN2. The Labute approximate surface area is 119 Å². The molecule has 1 unspecified atom stereocenters. The number of aromatic nitrogens is 1. The summed E-state index contributed by atoms with van der Waals surface area (Å²) in [5.74, 6) is 0. The largest absolute Gasteiger partial charge is 0.310 e. The molecule has 2 aromatic rings. The Morgan fingerprint density at radius 1 is 1.21 bits per heavy atom. The molecule has 0 spiro atoms. The van der Waals surface area contributed by atoms with Crippen molar-refractivity contribution < 1.29 is 0 Å². The van der Waals surface area contributed by atoms with Crippen LogP contribution in [0.5, 0.6) is 0 Å². The molecule has 1 aromatic heterocycles. The lowest BCUT2D eigenvalue weighted by atomic mass is 9.99. The highest BCUT2D eigenvalue weighted by Crippen LogP contribution is 2.24. The van der Waals surface area contributed by atoms with Gasteiger partial charge in [-0.3, -0.25) is 4.98 Å². The Hall–Kier alpha value is -1.38. The normalized spacial score (nSPS) is 12.4. The molecule has 1 N–H and O–H groups in total. The van der Waals surface area contributed by atoms with Gasteiger partial charge < -0.3 is 5.32 Å². The van der Waals surface area contributed by atoms with E-state index in [0.29, 0.717) is 0 Å². The van der Waals surface area contributed by atoms with Crippen LogP contribution in [0.4, 0.5) is 0 Å². The zero-order chi connectivity index (χ0) is 13.7. The molecule has 100 valence electrons. The molecule has 0 amide bonds. The first kappa shape index (κ1) is 14.0. The highest BCUT2D eigenvalue weighted by Gasteiger charge is 2.14. The fourth-order valence-electron chi connectivity index (χ4n) is 2.17. The summed E-state index contributed by atoms with van der Waals surface area (Å²) < 4.78 is 0. The standard InChI is InChI=1S/C16H19ClN2/c1-3-19-16(14-8-9-18-11-15(14)17)10-13-6-4-12(2)5-7-13/h4-9,11,16,19H,3,10H2,1-2H3. The second-order valence-electron chi connectivity index (χ2n) is 4.70. The van der Waals surface area contributed by atoms with E-state index < -0.39 is 0 Å². The Kier molecular flexibility index (Phi) is 4.94. The van der Waals surface area contributed by atoms with Crippen LogP contribution in [0.2, 0.25) is 5.02 Å². The van der Waals surface area contributed by atoms with Gasteiger partial charge in [0.05, 0.1) is 5.02 Å². The number of hydrogen-bond acceptors (Lipinski definition) is 2. The molecule has 0 saturated heterocycles. The van der Waals surface area contributed by atoms with Gasteiger partial charge in [0.2, 0.25) is 0 Å². The fourth-order valence-corrected chi connectivity index (χ4v) is 2.42. The number of pyridine rings is 1. The summed E-state index contributed by atoms with van der Waals surface area (Å²) in [5, 5.41) is 4.21. The van der Waals surface area contributed by atoms with Crippen LogP contribution in [0.3, 0.4) is 0 Å². The van der Waals surface area contributed by atoms with Crippen LogP contribution in [0.25, 0.3) is 0 Å². The van der Waals surface area contributed by atoms with Crippen LogP contribution in [0.1, 0.15) is 29.7 Å². The minimum absolute atomic E-state index is 0.225. The predicted octanol–water partition coefficient (Wildman–Crippen LogP) is 3.94. The van der Waals surface area contributed by atoms with Crippen LogP contribution in [0, 0.1) is 6.92 Å². The SMILES string of the molecule is CCNC(Cc1ccc(C)cc1)c1ccncc1Cl. The van der Waals surface area contributed by atoms with Crippen molar-refractivity contribution in [3.63, 3.8) is 0 Å². The second-order valence-corrected chi connectivity index (χ2v) is 5.10. The van der Waals surface area contributed by atoms with E-state index in [9.17, 15) is 0 Å². The van der Waals surface area contributed by atoms with Gasteiger partial charge >= 0.3 is 0 Å². The van der Waals surface area contributed by atoms with Crippen molar-refractivity contribution >= 4 is 11.6 Å². The molecule has 0 aliphatic carbocycles. The molecule has 0 radical (unpaired) electrons. The number of hydrogen-bond donors (Lipinski definition) is 1. The number of likely N-dealkylation sites (N-methyl/N-ethyl adjacent to an activating group) is 1. The van der Waals surface area contributed by atoms with Crippen molar-refractivity contribution in [3.8, 4) is 0 Å². The van der Waals surface area contributed by atoms with Crippen molar-refractivity contribution in [2.24, 2.45) is 0 Å². The lowest BCUT2D eigenvalue weighted by Gasteiger charge is -2.19. The number of rotatable bonds is 5. The minimum atomic E-state index is 0.225. The smallest absolute Gasteiger partial charge is 0.0637 e. The molecular weight excluding hydrogens is 256 g/mol. The van der Waals surface area contributed by atoms with Crippen LogP contribution in [-0.4, -0.2) is 11.5 Å². The van der Waals surface area contributed by atoms with E-state index in [1.807, 2.05) is 6.07 Å². The molecule has 0 fully saturated rings.